The van der Waals surface area contributed by atoms with Crippen LogP contribution in [-0.4, -0.2) is 36.1 Å². The van der Waals surface area contributed by atoms with Crippen LogP contribution in [0.5, 0.6) is 0 Å². The zero-order valence-corrected chi connectivity index (χ0v) is 18.9. The van der Waals surface area contributed by atoms with Gasteiger partial charge in [-0.05, 0) is 49.2 Å². The third-order valence-electron chi connectivity index (χ3n) is 5.41. The predicted molar refractivity (Wildman–Crippen MR) is 123 cm³/mol. The van der Waals surface area contributed by atoms with E-state index in [1.165, 1.54) is 31.3 Å². The Morgan fingerprint density at radius 3 is 2.12 bits per heavy atom. The van der Waals surface area contributed by atoms with Gasteiger partial charge in [0.25, 0.3) is 5.91 Å². The molecule has 3 aromatic rings. The fourth-order valence-corrected chi connectivity index (χ4v) is 3.43. The highest BCUT2D eigenvalue weighted by Crippen LogP contribution is 2.34. The van der Waals surface area contributed by atoms with Crippen LogP contribution in [0.3, 0.4) is 0 Å². The number of carbonyl (C=O) groups excluding carboxylic acids is 3. The molecule has 0 spiro atoms. The molecule has 176 valence electrons. The summed E-state index contributed by atoms with van der Waals surface area (Å²) in [5.74, 6) is -1.75. The van der Waals surface area contributed by atoms with E-state index in [2.05, 4.69) is 5.32 Å². The van der Waals surface area contributed by atoms with Crippen LogP contribution in [0, 0.1) is 13.8 Å². The van der Waals surface area contributed by atoms with Crippen molar-refractivity contribution >= 4 is 23.3 Å². The van der Waals surface area contributed by atoms with E-state index in [4.69, 9.17) is 0 Å². The number of likely N-dealkylation sites (N-methyl/N-ethyl adjacent to an activating group) is 1. The molecule has 0 heterocycles. The predicted octanol–water partition coefficient (Wildman–Crippen LogP) is 5.26. The van der Waals surface area contributed by atoms with E-state index < -0.39 is 35.8 Å². The van der Waals surface area contributed by atoms with Crippen molar-refractivity contribution in [3.8, 4) is 0 Å². The lowest BCUT2D eigenvalue weighted by molar-refractivity contribution is -0.137. The van der Waals surface area contributed by atoms with Gasteiger partial charge in [0.1, 0.15) is 0 Å². The molecule has 1 N–H and O–H groups in total. The number of aryl methyl sites for hydroxylation is 2. The zero-order valence-electron chi connectivity index (χ0n) is 18.9. The van der Waals surface area contributed by atoms with Gasteiger partial charge in [0.2, 0.25) is 5.91 Å². The summed E-state index contributed by atoms with van der Waals surface area (Å²) in [7, 11) is 1.34. The lowest BCUT2D eigenvalue weighted by Crippen LogP contribution is -2.36. The highest BCUT2D eigenvalue weighted by atomic mass is 19.4. The number of benzene rings is 3. The van der Waals surface area contributed by atoms with Crippen molar-refractivity contribution in [2.75, 3.05) is 18.9 Å². The van der Waals surface area contributed by atoms with Gasteiger partial charge in [-0.3, -0.25) is 14.4 Å². The summed E-state index contributed by atoms with van der Waals surface area (Å²) >= 11 is 0. The molecule has 3 rings (SSSR count). The van der Waals surface area contributed by atoms with Crippen LogP contribution in [0.25, 0.3) is 0 Å². The standard InChI is InChI=1S/C26H23F3N2O3/c1-16-12-13-18(14-17(16)2)24(33)19-8-4-5-9-20(19)25(34)31(3)15-23(32)30-22-11-7-6-10-21(22)26(27,28)29/h4-14H,15H2,1-3H3,(H,30,32). The Labute approximate surface area is 195 Å². The smallest absolute Gasteiger partial charge is 0.332 e. The Kier molecular flexibility index (Phi) is 7.20. The van der Waals surface area contributed by atoms with Gasteiger partial charge in [0.05, 0.1) is 23.4 Å². The molecule has 34 heavy (non-hydrogen) atoms. The molecule has 8 heteroatoms. The Morgan fingerprint density at radius 2 is 1.47 bits per heavy atom. The van der Waals surface area contributed by atoms with E-state index in [1.54, 1.807) is 24.3 Å². The SMILES string of the molecule is Cc1ccc(C(=O)c2ccccc2C(=O)N(C)CC(=O)Nc2ccccc2C(F)(F)F)cc1C. The number of ketones is 1. The van der Waals surface area contributed by atoms with Crippen molar-refractivity contribution in [2.45, 2.75) is 20.0 Å². The second-order valence-corrected chi connectivity index (χ2v) is 7.93. The number of rotatable bonds is 6. The largest absolute Gasteiger partial charge is 0.418 e. The Morgan fingerprint density at radius 1 is 0.853 bits per heavy atom. The summed E-state index contributed by atoms with van der Waals surface area (Å²) in [5, 5.41) is 2.21. The lowest BCUT2D eigenvalue weighted by atomic mass is 9.95. The first-order chi connectivity index (χ1) is 16.0. The summed E-state index contributed by atoms with van der Waals surface area (Å²) in [5.41, 5.74) is 1.27. The fraction of sp³-hybridized carbons (Fsp3) is 0.192. The Hall–Kier alpha value is -3.94. The molecular weight excluding hydrogens is 445 g/mol. The number of carbonyl (C=O) groups is 3. The van der Waals surface area contributed by atoms with Gasteiger partial charge in [-0.15, -0.1) is 0 Å². The summed E-state index contributed by atoms with van der Waals surface area (Å²) in [4.78, 5) is 39.6. The first kappa shape index (κ1) is 24.7. The Balaban J connectivity index is 1.79. The van der Waals surface area contributed by atoms with Gasteiger partial charge in [-0.2, -0.15) is 13.2 Å². The average Bonchev–Trinajstić information content (AvgIpc) is 2.79. The number of para-hydroxylation sites is 1. The molecule has 5 nitrogen and oxygen atoms in total. The van der Waals surface area contributed by atoms with Crippen molar-refractivity contribution in [1.82, 2.24) is 4.90 Å². The molecule has 0 fully saturated rings. The highest BCUT2D eigenvalue weighted by molar-refractivity contribution is 6.15. The average molecular weight is 468 g/mol. The summed E-state index contributed by atoms with van der Waals surface area (Å²) in [6.07, 6.45) is -4.64. The van der Waals surface area contributed by atoms with Crippen LogP contribution < -0.4 is 5.32 Å². The first-order valence-corrected chi connectivity index (χ1v) is 10.4. The number of nitrogens with one attached hydrogen (secondary N) is 1. The molecule has 0 atom stereocenters. The van der Waals surface area contributed by atoms with E-state index in [-0.39, 0.29) is 16.9 Å². The molecule has 0 saturated carbocycles. The van der Waals surface area contributed by atoms with Crippen LogP contribution in [0.2, 0.25) is 0 Å². The minimum atomic E-state index is -4.64. The third-order valence-corrected chi connectivity index (χ3v) is 5.41. The van der Waals surface area contributed by atoms with Gasteiger partial charge in [0.15, 0.2) is 5.78 Å². The van der Waals surface area contributed by atoms with Crippen LogP contribution >= 0.6 is 0 Å². The van der Waals surface area contributed by atoms with Crippen LogP contribution in [0.15, 0.2) is 66.7 Å². The van der Waals surface area contributed by atoms with E-state index in [1.807, 2.05) is 19.9 Å². The molecule has 3 aromatic carbocycles. The second-order valence-electron chi connectivity index (χ2n) is 7.93. The van der Waals surface area contributed by atoms with E-state index in [0.29, 0.717) is 5.56 Å². The maximum absolute atomic E-state index is 13.2. The summed E-state index contributed by atoms with van der Waals surface area (Å²) in [6, 6.07) is 16.1. The van der Waals surface area contributed by atoms with Crippen LogP contribution in [0.1, 0.15) is 43.0 Å². The highest BCUT2D eigenvalue weighted by Gasteiger charge is 2.33. The number of hydrogen-bond donors (Lipinski definition) is 1. The molecule has 0 aliphatic heterocycles. The normalized spacial score (nSPS) is 11.1. The molecule has 0 aliphatic rings. The van der Waals surface area contributed by atoms with Crippen molar-refractivity contribution in [3.05, 3.63) is 100 Å². The minimum absolute atomic E-state index is 0.0942. The Bertz CT molecular complexity index is 1250. The summed E-state index contributed by atoms with van der Waals surface area (Å²) < 4.78 is 39.5. The quantitative estimate of drug-likeness (QED) is 0.502. The van der Waals surface area contributed by atoms with Gasteiger partial charge in [-0.1, -0.05) is 42.5 Å². The molecule has 0 saturated heterocycles. The molecular formula is C26H23F3N2O3. The molecule has 0 aliphatic carbocycles. The van der Waals surface area contributed by atoms with Crippen molar-refractivity contribution < 1.29 is 27.6 Å². The first-order valence-electron chi connectivity index (χ1n) is 10.4. The van der Waals surface area contributed by atoms with Crippen LogP contribution in [-0.2, 0) is 11.0 Å². The minimum Gasteiger partial charge on any atom is -0.332 e. The summed E-state index contributed by atoms with van der Waals surface area (Å²) in [6.45, 7) is 3.30. The van der Waals surface area contributed by atoms with Gasteiger partial charge in [-0.25, -0.2) is 0 Å². The molecule has 0 unspecified atom stereocenters. The molecule has 0 radical (unpaired) electrons. The van der Waals surface area contributed by atoms with Crippen molar-refractivity contribution in [1.29, 1.82) is 0 Å². The third kappa shape index (κ3) is 5.51. The number of hydrogen-bond acceptors (Lipinski definition) is 3. The monoisotopic (exact) mass is 468 g/mol. The van der Waals surface area contributed by atoms with Gasteiger partial charge in [0, 0.05) is 18.2 Å². The van der Waals surface area contributed by atoms with E-state index >= 15 is 0 Å². The number of halogens is 3. The number of anilines is 1. The maximum Gasteiger partial charge on any atom is 0.418 e. The van der Waals surface area contributed by atoms with Crippen molar-refractivity contribution in [2.24, 2.45) is 0 Å². The van der Waals surface area contributed by atoms with E-state index in [0.717, 1.165) is 28.2 Å². The number of amides is 2. The fourth-order valence-electron chi connectivity index (χ4n) is 3.43. The van der Waals surface area contributed by atoms with Crippen molar-refractivity contribution in [3.63, 3.8) is 0 Å². The zero-order chi connectivity index (χ0) is 25.0. The molecule has 2 amide bonds. The maximum atomic E-state index is 13.2. The molecule has 0 bridgehead atoms. The number of alkyl halides is 3. The topological polar surface area (TPSA) is 66.5 Å². The second kappa shape index (κ2) is 9.91. The van der Waals surface area contributed by atoms with Crippen LogP contribution in [0.4, 0.5) is 18.9 Å². The van der Waals surface area contributed by atoms with E-state index in [9.17, 15) is 27.6 Å². The van der Waals surface area contributed by atoms with Gasteiger partial charge >= 0.3 is 6.18 Å². The molecule has 0 aromatic heterocycles. The van der Waals surface area contributed by atoms with Gasteiger partial charge < -0.3 is 10.2 Å². The number of nitrogens with zero attached hydrogens (tertiary/aromatic N) is 1. The lowest BCUT2D eigenvalue weighted by Gasteiger charge is -2.19.